The third-order valence-corrected chi connectivity index (χ3v) is 7.52. The van der Waals surface area contributed by atoms with E-state index in [0.29, 0.717) is 30.8 Å². The van der Waals surface area contributed by atoms with Crippen LogP contribution in [0.1, 0.15) is 26.3 Å². The molecule has 1 N–H and O–H groups in total. The molecule has 5 aromatic rings. The van der Waals surface area contributed by atoms with Crippen LogP contribution in [0.5, 0.6) is 0 Å². The number of carbonyl (C=O) groups excluding carboxylic acids is 1. The minimum Gasteiger partial charge on any atom is -0.478 e. The fourth-order valence-electron chi connectivity index (χ4n) is 5.45. The predicted molar refractivity (Wildman–Crippen MR) is 154 cm³/mol. The number of hydrogen-bond donors (Lipinski definition) is 1. The van der Waals surface area contributed by atoms with Crippen molar-refractivity contribution in [3.8, 4) is 11.1 Å². The van der Waals surface area contributed by atoms with Crippen LogP contribution >= 0.6 is 0 Å². The molecule has 0 aliphatic carbocycles. The average molecular weight is 516 g/mol. The Morgan fingerprint density at radius 3 is 2.18 bits per heavy atom. The molecule has 194 valence electrons. The number of rotatable bonds is 6. The first-order chi connectivity index (χ1) is 19.1. The zero-order valence-corrected chi connectivity index (χ0v) is 21.5. The van der Waals surface area contributed by atoms with E-state index in [1.165, 1.54) is 5.69 Å². The van der Waals surface area contributed by atoms with E-state index in [4.69, 9.17) is 0 Å². The summed E-state index contributed by atoms with van der Waals surface area (Å²) in [4.78, 5) is 29.6. The monoisotopic (exact) mass is 515 g/mol. The van der Waals surface area contributed by atoms with Crippen LogP contribution in [0.25, 0.3) is 22.0 Å². The second-order valence-electron chi connectivity index (χ2n) is 9.84. The van der Waals surface area contributed by atoms with Crippen molar-refractivity contribution in [2.75, 3.05) is 31.1 Å². The van der Waals surface area contributed by atoms with E-state index in [-0.39, 0.29) is 5.91 Å². The summed E-state index contributed by atoms with van der Waals surface area (Å²) in [5.74, 6) is -0.867. The van der Waals surface area contributed by atoms with E-state index in [1.807, 2.05) is 83.9 Å². The third-order valence-electron chi connectivity index (χ3n) is 7.52. The normalized spacial score (nSPS) is 13.5. The van der Waals surface area contributed by atoms with E-state index in [2.05, 4.69) is 27.7 Å². The van der Waals surface area contributed by atoms with Crippen molar-refractivity contribution in [1.29, 1.82) is 0 Å². The number of benzene rings is 4. The lowest BCUT2D eigenvalue weighted by atomic mass is 9.97. The van der Waals surface area contributed by atoms with E-state index in [1.54, 1.807) is 12.1 Å². The van der Waals surface area contributed by atoms with Crippen LogP contribution < -0.4 is 4.90 Å². The number of piperazine rings is 1. The summed E-state index contributed by atoms with van der Waals surface area (Å²) in [7, 11) is 0. The molecule has 6 heteroatoms. The molecule has 0 bridgehead atoms. The second kappa shape index (κ2) is 10.5. The molecule has 1 aromatic heterocycles. The number of fused-ring (bicyclic) bond motifs is 1. The maximum Gasteiger partial charge on any atom is 0.336 e. The highest BCUT2D eigenvalue weighted by atomic mass is 16.4. The number of para-hydroxylation sites is 1. The molecule has 0 spiro atoms. The summed E-state index contributed by atoms with van der Waals surface area (Å²) < 4.78 is 2.06. The van der Waals surface area contributed by atoms with Gasteiger partial charge in [-0.05, 0) is 59.2 Å². The first-order valence-corrected chi connectivity index (χ1v) is 13.2. The van der Waals surface area contributed by atoms with Crippen LogP contribution in [0.3, 0.4) is 0 Å². The molecule has 1 aliphatic rings. The summed E-state index contributed by atoms with van der Waals surface area (Å²) >= 11 is 0. The summed E-state index contributed by atoms with van der Waals surface area (Å²) in [5, 5.41) is 10.6. The molecule has 0 unspecified atom stereocenters. The molecule has 4 aromatic carbocycles. The first-order valence-electron chi connectivity index (χ1n) is 13.2. The van der Waals surface area contributed by atoms with Gasteiger partial charge in [0, 0.05) is 61.1 Å². The van der Waals surface area contributed by atoms with Gasteiger partial charge in [-0.1, -0.05) is 60.7 Å². The van der Waals surface area contributed by atoms with E-state index >= 15 is 0 Å². The fraction of sp³-hybridized carbons (Fsp3) is 0.152. The number of anilines is 1. The molecule has 1 fully saturated rings. The summed E-state index contributed by atoms with van der Waals surface area (Å²) in [6.45, 7) is 3.45. The highest BCUT2D eigenvalue weighted by molar-refractivity contribution is 6.02. The maximum absolute atomic E-state index is 13.7. The summed E-state index contributed by atoms with van der Waals surface area (Å²) in [5.41, 5.74) is 5.89. The van der Waals surface area contributed by atoms with Crippen molar-refractivity contribution < 1.29 is 14.7 Å². The Balaban J connectivity index is 1.24. The fourth-order valence-corrected chi connectivity index (χ4v) is 5.45. The van der Waals surface area contributed by atoms with Crippen molar-refractivity contribution in [2.24, 2.45) is 0 Å². The largest absolute Gasteiger partial charge is 0.478 e. The number of carbonyl (C=O) groups is 2. The van der Waals surface area contributed by atoms with Gasteiger partial charge in [0.15, 0.2) is 0 Å². The average Bonchev–Trinajstić information content (AvgIpc) is 3.39. The van der Waals surface area contributed by atoms with E-state index in [0.717, 1.165) is 40.7 Å². The van der Waals surface area contributed by atoms with E-state index in [9.17, 15) is 14.7 Å². The van der Waals surface area contributed by atoms with Gasteiger partial charge in [-0.15, -0.1) is 0 Å². The van der Waals surface area contributed by atoms with Crippen molar-refractivity contribution >= 4 is 28.5 Å². The van der Waals surface area contributed by atoms with Gasteiger partial charge < -0.3 is 19.5 Å². The van der Waals surface area contributed by atoms with Gasteiger partial charge >= 0.3 is 5.97 Å². The Hall–Kier alpha value is -4.84. The van der Waals surface area contributed by atoms with Gasteiger partial charge in [0.2, 0.25) is 0 Å². The van der Waals surface area contributed by atoms with E-state index < -0.39 is 5.97 Å². The zero-order valence-electron chi connectivity index (χ0n) is 21.5. The van der Waals surface area contributed by atoms with Gasteiger partial charge in [-0.25, -0.2) is 4.79 Å². The zero-order chi connectivity index (χ0) is 26.8. The predicted octanol–water partition coefficient (Wildman–Crippen LogP) is 6.02. The summed E-state index contributed by atoms with van der Waals surface area (Å²) in [6.07, 6.45) is 1.98. The molecule has 1 amide bonds. The van der Waals surface area contributed by atoms with Gasteiger partial charge in [0.05, 0.1) is 5.56 Å². The highest BCUT2D eigenvalue weighted by Gasteiger charge is 2.24. The molecule has 1 aliphatic heterocycles. The first kappa shape index (κ1) is 24.5. The number of aromatic nitrogens is 1. The smallest absolute Gasteiger partial charge is 0.336 e. The Morgan fingerprint density at radius 1 is 0.718 bits per heavy atom. The molecule has 6 rings (SSSR count). The number of nitrogens with zero attached hydrogens (tertiary/aromatic N) is 3. The lowest BCUT2D eigenvalue weighted by Crippen LogP contribution is -2.48. The Morgan fingerprint density at radius 2 is 1.41 bits per heavy atom. The van der Waals surface area contributed by atoms with Crippen LogP contribution in [-0.4, -0.2) is 52.6 Å². The molecule has 39 heavy (non-hydrogen) atoms. The van der Waals surface area contributed by atoms with Crippen molar-refractivity contribution in [1.82, 2.24) is 9.47 Å². The topological polar surface area (TPSA) is 65.8 Å². The minimum atomic E-state index is -0.924. The van der Waals surface area contributed by atoms with Crippen LogP contribution in [0, 0.1) is 0 Å². The quantitative estimate of drug-likeness (QED) is 0.301. The molecule has 0 radical (unpaired) electrons. The van der Waals surface area contributed by atoms with Crippen LogP contribution in [0.15, 0.2) is 109 Å². The van der Waals surface area contributed by atoms with Gasteiger partial charge in [-0.2, -0.15) is 0 Å². The van der Waals surface area contributed by atoms with Crippen LogP contribution in [0.4, 0.5) is 5.69 Å². The Labute approximate surface area is 227 Å². The lowest BCUT2D eigenvalue weighted by molar-refractivity contribution is 0.0694. The molecule has 0 saturated carbocycles. The molecular formula is C33H29N3O3. The minimum absolute atomic E-state index is 0.0567. The highest BCUT2D eigenvalue weighted by Crippen LogP contribution is 2.30. The molecular weight excluding hydrogens is 486 g/mol. The van der Waals surface area contributed by atoms with Crippen molar-refractivity contribution in [2.45, 2.75) is 6.54 Å². The molecule has 1 saturated heterocycles. The standard InChI is InChI=1S/C33H29N3O3/c37-32(35-20-18-34(19-21-35)27-9-2-1-3-10-27)30-13-7-6-11-28(30)24-14-15-31-25(22-24)16-17-36(31)23-26-8-4-5-12-29(26)33(38)39/h1-17,22H,18-21,23H2,(H,38,39). The number of hydrogen-bond acceptors (Lipinski definition) is 3. The Kier molecular flexibility index (Phi) is 6.59. The SMILES string of the molecule is O=C(O)c1ccccc1Cn1ccc2cc(-c3ccccc3C(=O)N3CCN(c4ccccc4)CC3)ccc21. The van der Waals surface area contributed by atoms with Crippen molar-refractivity contribution in [3.05, 3.63) is 126 Å². The van der Waals surface area contributed by atoms with Crippen molar-refractivity contribution in [3.63, 3.8) is 0 Å². The third kappa shape index (κ3) is 4.89. The summed E-state index contributed by atoms with van der Waals surface area (Å²) in [6, 6.07) is 33.5. The second-order valence-corrected chi connectivity index (χ2v) is 9.84. The van der Waals surface area contributed by atoms with Gasteiger partial charge in [-0.3, -0.25) is 4.79 Å². The Bertz CT molecular complexity index is 1650. The number of amides is 1. The van der Waals surface area contributed by atoms with Crippen LogP contribution in [0.2, 0.25) is 0 Å². The molecule has 2 heterocycles. The molecule has 0 atom stereocenters. The molecule has 6 nitrogen and oxygen atoms in total. The number of carboxylic acids is 1. The lowest BCUT2D eigenvalue weighted by Gasteiger charge is -2.36. The van der Waals surface area contributed by atoms with Crippen LogP contribution in [-0.2, 0) is 6.54 Å². The maximum atomic E-state index is 13.7. The number of carboxylic acid groups (broad SMARTS) is 1. The number of aromatic carboxylic acids is 1. The van der Waals surface area contributed by atoms with Gasteiger partial charge in [0.1, 0.15) is 0 Å². The van der Waals surface area contributed by atoms with Gasteiger partial charge in [0.25, 0.3) is 5.91 Å².